The van der Waals surface area contributed by atoms with E-state index < -0.39 is 0 Å². The van der Waals surface area contributed by atoms with Gasteiger partial charge in [-0.2, -0.15) is 11.8 Å². The molecule has 6 nitrogen and oxygen atoms in total. The molecule has 0 saturated heterocycles. The van der Waals surface area contributed by atoms with Crippen LogP contribution in [0.3, 0.4) is 0 Å². The Morgan fingerprint density at radius 1 is 1.08 bits per heavy atom. The molecule has 0 aliphatic carbocycles. The highest BCUT2D eigenvalue weighted by Gasteiger charge is 2.14. The second-order valence-electron chi connectivity index (χ2n) is 6.73. The number of hydrogen-bond donors (Lipinski definition) is 0. The lowest BCUT2D eigenvalue weighted by molar-refractivity contribution is 0.594. The highest BCUT2D eigenvalue weighted by Crippen LogP contribution is 2.16. The summed E-state index contributed by atoms with van der Waals surface area (Å²) in [5.41, 5.74) is 4.21. The number of rotatable bonds is 6. The molecule has 0 aliphatic rings. The summed E-state index contributed by atoms with van der Waals surface area (Å²) in [6.45, 7) is 4.64. The maximum absolute atomic E-state index is 12.6. The largest absolute Gasteiger partial charge is 0.332 e. The predicted octanol–water partition coefficient (Wildman–Crippen LogP) is 2.37. The summed E-state index contributed by atoms with van der Waals surface area (Å²) < 4.78 is 4.43. The van der Waals surface area contributed by atoms with Crippen molar-refractivity contribution < 1.29 is 0 Å². The lowest BCUT2D eigenvalue weighted by atomic mass is 10.1. The maximum atomic E-state index is 12.6. The van der Waals surface area contributed by atoms with E-state index in [1.54, 1.807) is 25.0 Å². The third-order valence-corrected chi connectivity index (χ3v) is 5.54. The zero-order valence-electron chi connectivity index (χ0n) is 15.7. The van der Waals surface area contributed by atoms with Crippen LogP contribution >= 0.6 is 11.8 Å². The Morgan fingerprint density at radius 3 is 2.46 bits per heavy atom. The molecule has 0 amide bonds. The molecule has 0 N–H and O–H groups in total. The Labute approximate surface area is 156 Å². The average Bonchev–Trinajstić information content (AvgIpc) is 2.96. The highest BCUT2D eigenvalue weighted by atomic mass is 32.2. The summed E-state index contributed by atoms with van der Waals surface area (Å²) in [5.74, 6) is 1.84. The second kappa shape index (κ2) is 7.53. The summed E-state index contributed by atoms with van der Waals surface area (Å²) in [6, 6.07) is 6.58. The van der Waals surface area contributed by atoms with Gasteiger partial charge in [-0.05, 0) is 31.6 Å². The van der Waals surface area contributed by atoms with Crippen molar-refractivity contribution in [2.75, 3.05) is 5.75 Å². The Balaban J connectivity index is 1.66. The monoisotopic (exact) mass is 372 g/mol. The van der Waals surface area contributed by atoms with Gasteiger partial charge in [0, 0.05) is 26.4 Å². The van der Waals surface area contributed by atoms with Crippen LogP contribution < -0.4 is 11.2 Å². The van der Waals surface area contributed by atoms with Crippen molar-refractivity contribution in [1.82, 2.24) is 18.7 Å². The van der Waals surface area contributed by atoms with E-state index in [1.165, 1.54) is 25.8 Å². The fourth-order valence-electron chi connectivity index (χ4n) is 3.26. The van der Waals surface area contributed by atoms with Crippen LogP contribution in [0.4, 0.5) is 0 Å². The van der Waals surface area contributed by atoms with E-state index in [0.29, 0.717) is 17.7 Å². The number of imidazole rings is 1. The molecule has 3 rings (SSSR count). The number of thioether (sulfide) groups is 1. The van der Waals surface area contributed by atoms with E-state index in [2.05, 4.69) is 37.0 Å². The molecule has 0 spiro atoms. The first-order chi connectivity index (χ1) is 12.4. The Hall–Kier alpha value is -2.28. The molecule has 7 heteroatoms. The standard InChI is InChI=1S/C19H24N4O2S/c1-13-8-14(2)10-15(9-13)11-26-7-5-6-23-18(24)16-17(20-12-21(16)3)22(4)19(23)25/h8-10,12H,5-7,11H2,1-4H3. The van der Waals surface area contributed by atoms with E-state index in [-0.39, 0.29) is 11.2 Å². The summed E-state index contributed by atoms with van der Waals surface area (Å²) in [7, 11) is 3.42. The Kier molecular flexibility index (Phi) is 5.36. The van der Waals surface area contributed by atoms with Crippen molar-refractivity contribution in [1.29, 1.82) is 0 Å². The second-order valence-corrected chi connectivity index (χ2v) is 7.83. The minimum atomic E-state index is -0.305. The molecule has 0 atom stereocenters. The molecular formula is C19H24N4O2S. The van der Waals surface area contributed by atoms with Gasteiger partial charge in [0.25, 0.3) is 5.56 Å². The molecule has 138 valence electrons. The summed E-state index contributed by atoms with van der Waals surface area (Å²) >= 11 is 1.83. The minimum Gasteiger partial charge on any atom is -0.328 e. The molecule has 0 radical (unpaired) electrons. The molecule has 0 saturated carbocycles. The number of aromatic nitrogens is 4. The number of aryl methyl sites for hydroxylation is 4. The van der Waals surface area contributed by atoms with Gasteiger partial charge in [-0.1, -0.05) is 29.3 Å². The van der Waals surface area contributed by atoms with Crippen molar-refractivity contribution >= 4 is 22.9 Å². The smallest absolute Gasteiger partial charge is 0.328 e. The van der Waals surface area contributed by atoms with E-state index in [1.807, 2.05) is 11.8 Å². The van der Waals surface area contributed by atoms with Gasteiger partial charge in [0.1, 0.15) is 0 Å². The van der Waals surface area contributed by atoms with Crippen molar-refractivity contribution in [2.45, 2.75) is 32.6 Å². The first kappa shape index (κ1) is 18.5. The van der Waals surface area contributed by atoms with Gasteiger partial charge >= 0.3 is 5.69 Å². The van der Waals surface area contributed by atoms with Crippen LogP contribution in [-0.2, 0) is 26.4 Å². The first-order valence-corrected chi connectivity index (χ1v) is 9.79. The summed E-state index contributed by atoms with van der Waals surface area (Å²) in [6.07, 6.45) is 2.34. The van der Waals surface area contributed by atoms with Crippen molar-refractivity contribution in [3.05, 3.63) is 62.1 Å². The normalized spacial score (nSPS) is 11.4. The van der Waals surface area contributed by atoms with Crippen molar-refractivity contribution in [3.8, 4) is 0 Å². The lowest BCUT2D eigenvalue weighted by Crippen LogP contribution is -2.39. The number of nitrogens with zero attached hydrogens (tertiary/aromatic N) is 4. The SMILES string of the molecule is Cc1cc(C)cc(CSCCCn2c(=O)c3c(ncn3C)n(C)c2=O)c1. The molecule has 0 fully saturated rings. The highest BCUT2D eigenvalue weighted by molar-refractivity contribution is 7.98. The fraction of sp³-hybridized carbons (Fsp3) is 0.421. The van der Waals surface area contributed by atoms with Gasteiger partial charge in [-0.15, -0.1) is 0 Å². The van der Waals surface area contributed by atoms with E-state index in [0.717, 1.165) is 17.9 Å². The van der Waals surface area contributed by atoms with Crippen molar-refractivity contribution in [3.63, 3.8) is 0 Å². The molecule has 0 bridgehead atoms. The summed E-state index contributed by atoms with van der Waals surface area (Å²) in [4.78, 5) is 29.2. The van der Waals surface area contributed by atoms with Gasteiger partial charge in [0.15, 0.2) is 11.2 Å². The first-order valence-electron chi connectivity index (χ1n) is 8.64. The topological polar surface area (TPSA) is 61.8 Å². The van der Waals surface area contributed by atoms with Gasteiger partial charge in [-0.3, -0.25) is 13.9 Å². The number of benzene rings is 1. The third kappa shape index (κ3) is 3.62. The van der Waals surface area contributed by atoms with E-state index in [4.69, 9.17) is 0 Å². The van der Waals surface area contributed by atoms with Crippen LogP contribution in [0.1, 0.15) is 23.1 Å². The predicted molar refractivity (Wildman–Crippen MR) is 107 cm³/mol. The molecule has 0 aliphatic heterocycles. The summed E-state index contributed by atoms with van der Waals surface area (Å²) in [5, 5.41) is 0. The number of fused-ring (bicyclic) bond motifs is 1. The zero-order chi connectivity index (χ0) is 18.8. The van der Waals surface area contributed by atoms with Gasteiger partial charge in [0.05, 0.1) is 6.33 Å². The lowest BCUT2D eigenvalue weighted by Gasteiger charge is -2.09. The molecule has 0 unspecified atom stereocenters. The van der Waals surface area contributed by atoms with Gasteiger partial charge in [-0.25, -0.2) is 9.78 Å². The maximum Gasteiger partial charge on any atom is 0.332 e. The van der Waals surface area contributed by atoms with Crippen LogP contribution in [0, 0.1) is 13.8 Å². The fourth-order valence-corrected chi connectivity index (χ4v) is 4.14. The minimum absolute atomic E-state index is 0.262. The van der Waals surface area contributed by atoms with Crippen LogP contribution in [0.5, 0.6) is 0 Å². The van der Waals surface area contributed by atoms with Crippen molar-refractivity contribution in [2.24, 2.45) is 14.1 Å². The Morgan fingerprint density at radius 2 is 1.77 bits per heavy atom. The van der Waals surface area contributed by atoms with Crippen LogP contribution in [0.25, 0.3) is 11.2 Å². The zero-order valence-corrected chi connectivity index (χ0v) is 16.5. The quantitative estimate of drug-likeness (QED) is 0.623. The van der Waals surface area contributed by atoms with E-state index in [9.17, 15) is 9.59 Å². The average molecular weight is 372 g/mol. The molecule has 26 heavy (non-hydrogen) atoms. The molecule has 3 aromatic rings. The van der Waals surface area contributed by atoms with E-state index >= 15 is 0 Å². The van der Waals surface area contributed by atoms with Gasteiger partial charge in [0.2, 0.25) is 0 Å². The van der Waals surface area contributed by atoms with Crippen LogP contribution in [0.15, 0.2) is 34.1 Å². The van der Waals surface area contributed by atoms with Crippen LogP contribution in [-0.4, -0.2) is 24.4 Å². The van der Waals surface area contributed by atoms with Crippen LogP contribution in [0.2, 0.25) is 0 Å². The van der Waals surface area contributed by atoms with Gasteiger partial charge < -0.3 is 4.57 Å². The Bertz CT molecular complexity index is 1040. The molecule has 1 aromatic carbocycles. The number of hydrogen-bond acceptors (Lipinski definition) is 4. The molecule has 2 aromatic heterocycles. The third-order valence-electron chi connectivity index (χ3n) is 4.42. The molecule has 2 heterocycles. The molecular weight excluding hydrogens is 348 g/mol.